The zero-order valence-corrected chi connectivity index (χ0v) is 10.6. The van der Waals surface area contributed by atoms with Crippen molar-refractivity contribution in [1.29, 1.82) is 0 Å². The second-order valence-electron chi connectivity index (χ2n) is 4.03. The minimum Gasteiger partial charge on any atom is -0.450 e. The van der Waals surface area contributed by atoms with Crippen LogP contribution in [0.2, 0.25) is 0 Å². The van der Waals surface area contributed by atoms with Crippen molar-refractivity contribution >= 4 is 12.0 Å². The first-order chi connectivity index (χ1) is 8.60. The Morgan fingerprint density at radius 3 is 2.39 bits per heavy atom. The third kappa shape index (κ3) is 3.64. The number of nitrogens with zero attached hydrogens (tertiary/aromatic N) is 2. The maximum atomic E-state index is 11.9. The summed E-state index contributed by atoms with van der Waals surface area (Å²) >= 11 is 0. The van der Waals surface area contributed by atoms with Crippen molar-refractivity contribution in [3.63, 3.8) is 0 Å². The van der Waals surface area contributed by atoms with Crippen LogP contribution in [0.4, 0.5) is 4.79 Å². The highest BCUT2D eigenvalue weighted by Crippen LogP contribution is 2.06. The van der Waals surface area contributed by atoms with Gasteiger partial charge in [0, 0.05) is 32.6 Å². The van der Waals surface area contributed by atoms with Crippen LogP contribution >= 0.6 is 0 Å². The summed E-state index contributed by atoms with van der Waals surface area (Å²) in [6.07, 6.45) is 5.02. The maximum Gasteiger partial charge on any atom is 0.409 e. The molecule has 1 fully saturated rings. The molecule has 2 amide bonds. The van der Waals surface area contributed by atoms with Crippen LogP contribution in [0.15, 0.2) is 0 Å². The largest absolute Gasteiger partial charge is 0.450 e. The van der Waals surface area contributed by atoms with E-state index < -0.39 is 6.04 Å². The lowest BCUT2D eigenvalue weighted by Crippen LogP contribution is -2.54. The molecule has 1 saturated heterocycles. The molecule has 2 N–H and O–H groups in total. The van der Waals surface area contributed by atoms with E-state index in [1.807, 2.05) is 0 Å². The quantitative estimate of drug-likeness (QED) is 0.697. The molecule has 1 heterocycles. The second-order valence-corrected chi connectivity index (χ2v) is 4.03. The minimum atomic E-state index is -0.649. The van der Waals surface area contributed by atoms with Gasteiger partial charge in [0.05, 0.1) is 12.6 Å². The summed E-state index contributed by atoms with van der Waals surface area (Å²) in [5.41, 5.74) is 5.66. The number of hydrogen-bond donors (Lipinski definition) is 1. The first kappa shape index (κ1) is 14.3. The van der Waals surface area contributed by atoms with Crippen molar-refractivity contribution < 1.29 is 14.3 Å². The van der Waals surface area contributed by atoms with Gasteiger partial charge in [0.1, 0.15) is 0 Å². The highest BCUT2D eigenvalue weighted by atomic mass is 16.6. The fraction of sp³-hybridized carbons (Fsp3) is 0.667. The number of piperazine rings is 1. The van der Waals surface area contributed by atoms with Crippen LogP contribution in [-0.2, 0) is 9.53 Å². The lowest BCUT2D eigenvalue weighted by molar-refractivity contribution is -0.134. The van der Waals surface area contributed by atoms with Crippen LogP contribution in [0.1, 0.15) is 13.3 Å². The van der Waals surface area contributed by atoms with Gasteiger partial charge in [0.2, 0.25) is 5.91 Å². The van der Waals surface area contributed by atoms with Gasteiger partial charge < -0.3 is 20.3 Å². The summed E-state index contributed by atoms with van der Waals surface area (Å²) in [5.74, 6) is 2.22. The van der Waals surface area contributed by atoms with Crippen molar-refractivity contribution in [2.24, 2.45) is 5.73 Å². The fourth-order valence-corrected chi connectivity index (χ4v) is 1.77. The van der Waals surface area contributed by atoms with Gasteiger partial charge in [-0.3, -0.25) is 4.79 Å². The highest BCUT2D eigenvalue weighted by molar-refractivity contribution is 5.82. The Hall–Kier alpha value is -1.74. The summed E-state index contributed by atoms with van der Waals surface area (Å²) in [6, 6.07) is -0.649. The van der Waals surface area contributed by atoms with Gasteiger partial charge in [-0.2, -0.15) is 0 Å². The number of carbonyl (C=O) groups excluding carboxylic acids is 2. The van der Waals surface area contributed by atoms with Crippen molar-refractivity contribution in [3.05, 3.63) is 0 Å². The Morgan fingerprint density at radius 1 is 1.33 bits per heavy atom. The van der Waals surface area contributed by atoms with Crippen LogP contribution in [0.25, 0.3) is 0 Å². The molecule has 0 aromatic heterocycles. The lowest BCUT2D eigenvalue weighted by Gasteiger charge is -2.35. The zero-order chi connectivity index (χ0) is 13.5. The van der Waals surface area contributed by atoms with E-state index in [4.69, 9.17) is 16.9 Å². The molecule has 1 atom stereocenters. The molecule has 0 aromatic carbocycles. The molecule has 0 spiro atoms. The topological polar surface area (TPSA) is 75.9 Å². The number of ether oxygens (including phenoxy) is 1. The van der Waals surface area contributed by atoms with E-state index >= 15 is 0 Å². The van der Waals surface area contributed by atoms with E-state index in [0.717, 1.165) is 0 Å². The van der Waals surface area contributed by atoms with Gasteiger partial charge in [-0.05, 0) is 6.92 Å². The number of hydrogen-bond acceptors (Lipinski definition) is 4. The Balaban J connectivity index is 2.42. The molecule has 0 aromatic rings. The summed E-state index contributed by atoms with van der Waals surface area (Å²) < 4.78 is 4.90. The zero-order valence-electron chi connectivity index (χ0n) is 10.6. The standard InChI is InChI=1S/C12H19N3O3/c1-3-5-10(13)11(16)14-6-8-15(9-7-14)12(17)18-4-2/h1,10H,4-9,13H2,2H3. The van der Waals surface area contributed by atoms with Gasteiger partial charge in [-0.1, -0.05) is 0 Å². The normalized spacial score (nSPS) is 16.9. The first-order valence-corrected chi connectivity index (χ1v) is 5.99. The summed E-state index contributed by atoms with van der Waals surface area (Å²) in [5, 5.41) is 0. The number of amides is 2. The van der Waals surface area contributed by atoms with E-state index in [9.17, 15) is 9.59 Å². The smallest absolute Gasteiger partial charge is 0.409 e. The van der Waals surface area contributed by atoms with Gasteiger partial charge >= 0.3 is 6.09 Å². The predicted octanol–water partition coefficient (Wildman–Crippen LogP) is -0.362. The molecule has 1 aliphatic rings. The summed E-state index contributed by atoms with van der Waals surface area (Å²) in [4.78, 5) is 26.5. The Morgan fingerprint density at radius 2 is 1.89 bits per heavy atom. The van der Waals surface area contributed by atoms with Crippen LogP contribution < -0.4 is 5.73 Å². The molecule has 1 unspecified atom stereocenters. The van der Waals surface area contributed by atoms with Gasteiger partial charge in [0.15, 0.2) is 0 Å². The number of rotatable bonds is 3. The fourth-order valence-electron chi connectivity index (χ4n) is 1.77. The van der Waals surface area contributed by atoms with E-state index in [1.54, 1.807) is 16.7 Å². The molecule has 0 saturated carbocycles. The Bertz CT molecular complexity index is 343. The number of terminal acetylenes is 1. The third-order valence-corrected chi connectivity index (χ3v) is 2.77. The van der Waals surface area contributed by atoms with Gasteiger partial charge in [-0.15, -0.1) is 12.3 Å². The molecular weight excluding hydrogens is 234 g/mol. The molecule has 0 aliphatic carbocycles. The molecule has 0 bridgehead atoms. The highest BCUT2D eigenvalue weighted by Gasteiger charge is 2.27. The Labute approximate surface area is 107 Å². The first-order valence-electron chi connectivity index (χ1n) is 5.99. The molecule has 6 nitrogen and oxygen atoms in total. The average molecular weight is 253 g/mol. The predicted molar refractivity (Wildman–Crippen MR) is 66.6 cm³/mol. The summed E-state index contributed by atoms with van der Waals surface area (Å²) in [7, 11) is 0. The van der Waals surface area contributed by atoms with E-state index in [-0.39, 0.29) is 18.4 Å². The third-order valence-electron chi connectivity index (χ3n) is 2.77. The molecule has 1 rings (SSSR count). The summed E-state index contributed by atoms with van der Waals surface area (Å²) in [6.45, 7) is 3.98. The Kier molecular flexibility index (Phi) is 5.46. The van der Waals surface area contributed by atoms with Crippen LogP contribution in [0.5, 0.6) is 0 Å². The van der Waals surface area contributed by atoms with Crippen LogP contribution in [0.3, 0.4) is 0 Å². The lowest BCUT2D eigenvalue weighted by atomic mass is 10.2. The molecular formula is C12H19N3O3. The van der Waals surface area contributed by atoms with Crippen molar-refractivity contribution in [2.45, 2.75) is 19.4 Å². The van der Waals surface area contributed by atoms with Crippen molar-refractivity contribution in [2.75, 3.05) is 32.8 Å². The number of nitrogens with two attached hydrogens (primary N) is 1. The van der Waals surface area contributed by atoms with Crippen molar-refractivity contribution in [3.8, 4) is 12.3 Å². The maximum absolute atomic E-state index is 11.9. The van der Waals surface area contributed by atoms with Crippen molar-refractivity contribution in [1.82, 2.24) is 9.80 Å². The molecule has 6 heteroatoms. The van der Waals surface area contributed by atoms with Crippen LogP contribution in [-0.4, -0.2) is 60.6 Å². The molecule has 100 valence electrons. The van der Waals surface area contributed by atoms with Crippen LogP contribution in [0, 0.1) is 12.3 Å². The van der Waals surface area contributed by atoms with Gasteiger partial charge in [0.25, 0.3) is 0 Å². The monoisotopic (exact) mass is 253 g/mol. The van der Waals surface area contributed by atoms with E-state index in [2.05, 4.69) is 5.92 Å². The second kappa shape index (κ2) is 6.87. The molecule has 0 radical (unpaired) electrons. The number of carbonyl (C=O) groups is 2. The SMILES string of the molecule is C#CCC(N)C(=O)N1CCN(C(=O)OCC)CC1. The molecule has 1 aliphatic heterocycles. The minimum absolute atomic E-state index is 0.156. The molecule has 18 heavy (non-hydrogen) atoms. The van der Waals surface area contributed by atoms with E-state index in [0.29, 0.717) is 32.8 Å². The average Bonchev–Trinajstić information content (AvgIpc) is 2.38. The van der Waals surface area contributed by atoms with Gasteiger partial charge in [-0.25, -0.2) is 4.79 Å². The van der Waals surface area contributed by atoms with E-state index in [1.165, 1.54) is 0 Å².